The summed E-state index contributed by atoms with van der Waals surface area (Å²) in [5, 5.41) is 0. The molecular weight excluding hydrogens is 372 g/mol. The molecule has 146 valence electrons. The molecule has 0 spiro atoms. The van der Waals surface area contributed by atoms with Gasteiger partial charge in [0.25, 0.3) is 0 Å². The van der Waals surface area contributed by atoms with Crippen LogP contribution < -0.4 is 9.04 Å². The van der Waals surface area contributed by atoms with E-state index in [1.54, 1.807) is 43.8 Å². The molecule has 3 aromatic rings. The number of ether oxygens (including phenoxy) is 1. The van der Waals surface area contributed by atoms with Crippen LogP contribution >= 0.6 is 0 Å². The number of hydrogen-bond acceptors (Lipinski definition) is 4. The Hall–Kier alpha value is -2.86. The van der Waals surface area contributed by atoms with Gasteiger partial charge in [-0.05, 0) is 54.3 Å². The van der Waals surface area contributed by atoms with Crippen molar-refractivity contribution in [3.05, 3.63) is 90.3 Å². The summed E-state index contributed by atoms with van der Waals surface area (Å²) in [6.07, 6.45) is 4.65. The van der Waals surface area contributed by atoms with Gasteiger partial charge in [-0.3, -0.25) is 9.29 Å². The molecule has 3 rings (SSSR count). The van der Waals surface area contributed by atoms with Crippen LogP contribution in [0.2, 0.25) is 0 Å². The van der Waals surface area contributed by atoms with E-state index >= 15 is 0 Å². The van der Waals surface area contributed by atoms with Gasteiger partial charge in [-0.15, -0.1) is 0 Å². The summed E-state index contributed by atoms with van der Waals surface area (Å²) in [5.74, 6) is 0.764. The fourth-order valence-electron chi connectivity index (χ4n) is 2.97. The van der Waals surface area contributed by atoms with E-state index in [-0.39, 0.29) is 12.3 Å². The van der Waals surface area contributed by atoms with Gasteiger partial charge in [0.15, 0.2) is 0 Å². The van der Waals surface area contributed by atoms with Crippen LogP contribution in [0.4, 0.5) is 5.69 Å². The number of methoxy groups -OCH3 is 1. The molecule has 0 bridgehead atoms. The molecule has 0 aliphatic rings. The fourth-order valence-corrected chi connectivity index (χ4v) is 4.49. The highest BCUT2D eigenvalue weighted by atomic mass is 32.2. The second kappa shape index (κ2) is 9.37. The smallest absolute Gasteiger partial charge is 0.235 e. The van der Waals surface area contributed by atoms with E-state index < -0.39 is 10.0 Å². The number of anilines is 1. The van der Waals surface area contributed by atoms with Crippen LogP contribution in [0.5, 0.6) is 5.75 Å². The third kappa shape index (κ3) is 5.33. The molecule has 0 atom stereocenters. The first-order valence-electron chi connectivity index (χ1n) is 9.16. The number of rotatable bonds is 9. The molecule has 0 fully saturated rings. The molecule has 0 amide bonds. The molecule has 28 heavy (non-hydrogen) atoms. The summed E-state index contributed by atoms with van der Waals surface area (Å²) in [7, 11) is -1.91. The first kappa shape index (κ1) is 19.9. The normalized spacial score (nSPS) is 11.2. The van der Waals surface area contributed by atoms with Crippen LogP contribution in [0.3, 0.4) is 0 Å². The van der Waals surface area contributed by atoms with E-state index in [1.807, 2.05) is 42.5 Å². The van der Waals surface area contributed by atoms with Crippen molar-refractivity contribution in [3.8, 4) is 5.75 Å². The lowest BCUT2D eigenvalue weighted by Gasteiger charge is -2.25. The van der Waals surface area contributed by atoms with E-state index in [0.29, 0.717) is 17.9 Å². The zero-order valence-corrected chi connectivity index (χ0v) is 16.7. The number of nitrogens with zero attached hydrogens (tertiary/aromatic N) is 2. The van der Waals surface area contributed by atoms with Crippen molar-refractivity contribution in [2.24, 2.45) is 0 Å². The summed E-state index contributed by atoms with van der Waals surface area (Å²) >= 11 is 0. The fraction of sp³-hybridized carbons (Fsp3) is 0.227. The Kier molecular flexibility index (Phi) is 6.66. The summed E-state index contributed by atoms with van der Waals surface area (Å²) in [6.45, 7) is 0.244. The lowest BCUT2D eigenvalue weighted by molar-refractivity contribution is 0.415. The number of benzene rings is 2. The molecule has 0 aliphatic carbocycles. The molecule has 1 aromatic heterocycles. The monoisotopic (exact) mass is 396 g/mol. The van der Waals surface area contributed by atoms with Gasteiger partial charge in [0, 0.05) is 12.4 Å². The van der Waals surface area contributed by atoms with Gasteiger partial charge in [0.1, 0.15) is 5.75 Å². The standard InChI is InChI=1S/C22H24N2O3S/c1-27-22-13-11-21(12-14-22)24(18-20-9-5-15-23-17-20)28(25,26)16-6-10-19-7-3-2-4-8-19/h2-5,7-9,11-15,17H,6,10,16,18H2,1H3. The Morgan fingerprint density at radius 2 is 1.64 bits per heavy atom. The van der Waals surface area contributed by atoms with Crippen LogP contribution in [-0.4, -0.2) is 26.3 Å². The van der Waals surface area contributed by atoms with Gasteiger partial charge in [0.05, 0.1) is 25.1 Å². The molecule has 1 heterocycles. The SMILES string of the molecule is COc1ccc(N(Cc2cccnc2)S(=O)(=O)CCCc2ccccc2)cc1. The molecule has 0 saturated heterocycles. The molecule has 2 aromatic carbocycles. The van der Waals surface area contributed by atoms with Gasteiger partial charge < -0.3 is 4.74 Å². The van der Waals surface area contributed by atoms with E-state index in [2.05, 4.69) is 4.98 Å². The Morgan fingerprint density at radius 1 is 0.929 bits per heavy atom. The number of aromatic nitrogens is 1. The Morgan fingerprint density at radius 3 is 2.29 bits per heavy atom. The van der Waals surface area contributed by atoms with Crippen molar-refractivity contribution in [2.45, 2.75) is 19.4 Å². The molecule has 0 saturated carbocycles. The first-order valence-corrected chi connectivity index (χ1v) is 10.8. The highest BCUT2D eigenvalue weighted by Gasteiger charge is 2.23. The Balaban J connectivity index is 1.79. The lowest BCUT2D eigenvalue weighted by Crippen LogP contribution is -2.32. The topological polar surface area (TPSA) is 59.5 Å². The van der Waals surface area contributed by atoms with E-state index in [9.17, 15) is 8.42 Å². The summed E-state index contributed by atoms with van der Waals surface area (Å²) in [4.78, 5) is 4.10. The van der Waals surface area contributed by atoms with E-state index in [4.69, 9.17) is 4.74 Å². The van der Waals surface area contributed by atoms with Crippen molar-refractivity contribution in [1.82, 2.24) is 4.98 Å². The van der Waals surface area contributed by atoms with Crippen LogP contribution in [0.25, 0.3) is 0 Å². The summed E-state index contributed by atoms with van der Waals surface area (Å²) < 4.78 is 33.0. The predicted molar refractivity (Wildman–Crippen MR) is 112 cm³/mol. The number of pyridine rings is 1. The lowest BCUT2D eigenvalue weighted by atomic mass is 10.1. The van der Waals surface area contributed by atoms with Crippen LogP contribution in [-0.2, 0) is 23.0 Å². The predicted octanol–water partition coefficient (Wildman–Crippen LogP) is 4.06. The zero-order chi connectivity index (χ0) is 19.8. The molecule has 0 unspecified atom stereocenters. The maximum atomic E-state index is 13.2. The molecule has 0 N–H and O–H groups in total. The Bertz CT molecular complexity index is 960. The van der Waals surface area contributed by atoms with Gasteiger partial charge in [-0.25, -0.2) is 8.42 Å². The van der Waals surface area contributed by atoms with Gasteiger partial charge in [-0.1, -0.05) is 36.4 Å². The van der Waals surface area contributed by atoms with Crippen molar-refractivity contribution in [1.29, 1.82) is 0 Å². The molecule has 6 heteroatoms. The van der Waals surface area contributed by atoms with Crippen molar-refractivity contribution in [3.63, 3.8) is 0 Å². The maximum Gasteiger partial charge on any atom is 0.235 e. The zero-order valence-electron chi connectivity index (χ0n) is 15.9. The summed E-state index contributed by atoms with van der Waals surface area (Å²) in [6, 6.07) is 20.7. The van der Waals surface area contributed by atoms with Crippen molar-refractivity contribution in [2.75, 3.05) is 17.2 Å². The quantitative estimate of drug-likeness (QED) is 0.547. The molecule has 0 radical (unpaired) electrons. The third-order valence-electron chi connectivity index (χ3n) is 4.46. The average Bonchev–Trinajstić information content (AvgIpc) is 2.73. The Labute approximate surface area is 166 Å². The highest BCUT2D eigenvalue weighted by Crippen LogP contribution is 2.24. The minimum absolute atomic E-state index is 0.0776. The van der Waals surface area contributed by atoms with Gasteiger partial charge in [-0.2, -0.15) is 0 Å². The minimum Gasteiger partial charge on any atom is -0.497 e. The van der Waals surface area contributed by atoms with Gasteiger partial charge >= 0.3 is 0 Å². The van der Waals surface area contributed by atoms with E-state index in [1.165, 1.54) is 4.31 Å². The minimum atomic E-state index is -3.50. The average molecular weight is 397 g/mol. The number of sulfonamides is 1. The molecule has 5 nitrogen and oxygen atoms in total. The molecule has 0 aliphatic heterocycles. The number of aryl methyl sites for hydroxylation is 1. The second-order valence-corrected chi connectivity index (χ2v) is 8.48. The van der Waals surface area contributed by atoms with Crippen molar-refractivity contribution >= 4 is 15.7 Å². The third-order valence-corrected chi connectivity index (χ3v) is 6.27. The van der Waals surface area contributed by atoms with Crippen LogP contribution in [0, 0.1) is 0 Å². The van der Waals surface area contributed by atoms with Crippen LogP contribution in [0.15, 0.2) is 79.1 Å². The second-order valence-electron chi connectivity index (χ2n) is 6.47. The molecular formula is C22H24N2O3S. The maximum absolute atomic E-state index is 13.2. The van der Waals surface area contributed by atoms with Crippen molar-refractivity contribution < 1.29 is 13.2 Å². The first-order chi connectivity index (χ1) is 13.6. The largest absolute Gasteiger partial charge is 0.497 e. The summed E-state index contributed by atoms with van der Waals surface area (Å²) in [5.41, 5.74) is 2.59. The van der Waals surface area contributed by atoms with Crippen LogP contribution in [0.1, 0.15) is 17.5 Å². The van der Waals surface area contributed by atoms with Gasteiger partial charge in [0.2, 0.25) is 10.0 Å². The highest BCUT2D eigenvalue weighted by molar-refractivity contribution is 7.92. The number of hydrogen-bond donors (Lipinski definition) is 0. The van der Waals surface area contributed by atoms with E-state index in [0.717, 1.165) is 17.5 Å².